The van der Waals surface area contributed by atoms with Gasteiger partial charge in [-0.2, -0.15) is 0 Å². The Bertz CT molecular complexity index is 313. The number of rotatable bonds is 10. The number of aliphatic carboxylic acids is 2. The number of carboxylic acid groups (broad SMARTS) is 2. The van der Waals surface area contributed by atoms with Crippen molar-refractivity contribution in [1.82, 2.24) is 0 Å². The van der Waals surface area contributed by atoms with Crippen molar-refractivity contribution in [1.29, 1.82) is 0 Å². The molecule has 4 nitrogen and oxygen atoms in total. The fourth-order valence-electron chi connectivity index (χ4n) is 1.49. The van der Waals surface area contributed by atoms with Gasteiger partial charge in [-0.3, -0.25) is 4.79 Å². The molecule has 0 aliphatic heterocycles. The van der Waals surface area contributed by atoms with Crippen LogP contribution in [0, 0.1) is 0 Å². The van der Waals surface area contributed by atoms with Gasteiger partial charge in [-0.1, -0.05) is 41.6 Å². The summed E-state index contributed by atoms with van der Waals surface area (Å²) in [6.07, 6.45) is 6.71. The fourth-order valence-corrected chi connectivity index (χ4v) is 2.14. The molecule has 0 atom stereocenters. The van der Waals surface area contributed by atoms with Crippen LogP contribution >= 0.6 is 31.9 Å². The van der Waals surface area contributed by atoms with Crippen LogP contribution in [0.1, 0.15) is 51.4 Å². The Morgan fingerprint density at radius 1 is 0.778 bits per heavy atom. The molecule has 0 saturated heterocycles. The molecule has 0 aliphatic rings. The maximum absolute atomic E-state index is 10.6. The highest BCUT2D eigenvalue weighted by molar-refractivity contribution is 9.14. The van der Waals surface area contributed by atoms with Gasteiger partial charge in [-0.25, -0.2) is 4.79 Å². The molecule has 0 spiro atoms. The van der Waals surface area contributed by atoms with Crippen molar-refractivity contribution in [2.45, 2.75) is 51.4 Å². The third-order valence-corrected chi connectivity index (χ3v) is 4.61. The standard InChI is InChI=1S/C12H18Br2O4/c13-9(11(14)12(17)18)7-5-3-1-2-4-6-8-10(15)16/h1-8H2,(H,15,16)(H,17,18). The quantitative estimate of drug-likeness (QED) is 0.434. The highest BCUT2D eigenvalue weighted by Crippen LogP contribution is 2.24. The van der Waals surface area contributed by atoms with Crippen molar-refractivity contribution < 1.29 is 19.8 Å². The van der Waals surface area contributed by atoms with Crippen LogP contribution in [0.5, 0.6) is 0 Å². The van der Waals surface area contributed by atoms with Gasteiger partial charge >= 0.3 is 11.9 Å². The Hall–Kier alpha value is -0.360. The number of hydrogen-bond acceptors (Lipinski definition) is 2. The molecule has 0 aliphatic carbocycles. The number of halogens is 2. The van der Waals surface area contributed by atoms with Gasteiger partial charge in [0.2, 0.25) is 0 Å². The summed E-state index contributed by atoms with van der Waals surface area (Å²) < 4.78 is 0.866. The Balaban J connectivity index is 3.49. The van der Waals surface area contributed by atoms with Crippen molar-refractivity contribution in [3.8, 4) is 0 Å². The third-order valence-electron chi connectivity index (χ3n) is 2.46. The van der Waals surface area contributed by atoms with E-state index in [0.29, 0.717) is 10.9 Å². The number of unbranched alkanes of at least 4 members (excludes halogenated alkanes) is 5. The average molecular weight is 386 g/mol. The van der Waals surface area contributed by atoms with Gasteiger partial charge < -0.3 is 10.2 Å². The van der Waals surface area contributed by atoms with Gasteiger partial charge in [0.15, 0.2) is 0 Å². The van der Waals surface area contributed by atoms with E-state index in [1.54, 1.807) is 0 Å². The lowest BCUT2D eigenvalue weighted by Gasteiger charge is -2.02. The highest BCUT2D eigenvalue weighted by atomic mass is 79.9. The van der Waals surface area contributed by atoms with Crippen LogP contribution in [0.3, 0.4) is 0 Å². The van der Waals surface area contributed by atoms with E-state index in [2.05, 4.69) is 31.9 Å². The van der Waals surface area contributed by atoms with E-state index >= 15 is 0 Å². The lowest BCUT2D eigenvalue weighted by molar-refractivity contribution is -0.137. The molecule has 0 fully saturated rings. The van der Waals surface area contributed by atoms with Gasteiger partial charge in [0, 0.05) is 10.9 Å². The molecule has 2 N–H and O–H groups in total. The van der Waals surface area contributed by atoms with Crippen molar-refractivity contribution in [3.63, 3.8) is 0 Å². The maximum Gasteiger partial charge on any atom is 0.343 e. The fraction of sp³-hybridized carbons (Fsp3) is 0.667. The Morgan fingerprint density at radius 2 is 1.22 bits per heavy atom. The molecule has 0 aromatic heterocycles. The minimum Gasteiger partial charge on any atom is -0.481 e. The van der Waals surface area contributed by atoms with Gasteiger partial charge in [0.05, 0.1) is 0 Å². The first kappa shape index (κ1) is 17.6. The Kier molecular flexibility index (Phi) is 10.3. The minimum absolute atomic E-state index is 0.184. The van der Waals surface area contributed by atoms with Crippen LogP contribution < -0.4 is 0 Å². The largest absolute Gasteiger partial charge is 0.481 e. The molecular formula is C12H18Br2O4. The Morgan fingerprint density at radius 3 is 1.67 bits per heavy atom. The van der Waals surface area contributed by atoms with Crippen LogP contribution in [-0.2, 0) is 9.59 Å². The molecule has 18 heavy (non-hydrogen) atoms. The van der Waals surface area contributed by atoms with E-state index in [-0.39, 0.29) is 10.9 Å². The van der Waals surface area contributed by atoms with Crippen LogP contribution in [0.4, 0.5) is 0 Å². The molecule has 0 unspecified atom stereocenters. The van der Waals surface area contributed by atoms with Crippen LogP contribution in [0.15, 0.2) is 8.96 Å². The molecule has 104 valence electrons. The SMILES string of the molecule is O=C(O)CCCCCCCCC(Br)=C(Br)C(=O)O. The van der Waals surface area contributed by atoms with Gasteiger partial charge in [0.25, 0.3) is 0 Å². The van der Waals surface area contributed by atoms with E-state index < -0.39 is 11.9 Å². The summed E-state index contributed by atoms with van der Waals surface area (Å²) in [5.41, 5.74) is 0. The average Bonchev–Trinajstić information content (AvgIpc) is 2.30. The van der Waals surface area contributed by atoms with E-state index in [0.717, 1.165) is 38.5 Å². The van der Waals surface area contributed by atoms with Gasteiger partial charge in [-0.05, 0) is 35.2 Å². The first-order valence-electron chi connectivity index (χ1n) is 5.94. The summed E-state index contributed by atoms with van der Waals surface area (Å²) in [5.74, 6) is -1.70. The second kappa shape index (κ2) is 10.6. The molecule has 0 amide bonds. The zero-order chi connectivity index (χ0) is 14.0. The number of allylic oxidation sites excluding steroid dienone is 1. The molecule has 0 aromatic rings. The van der Waals surface area contributed by atoms with E-state index in [9.17, 15) is 9.59 Å². The van der Waals surface area contributed by atoms with Crippen LogP contribution in [0.25, 0.3) is 0 Å². The third kappa shape index (κ3) is 9.65. The van der Waals surface area contributed by atoms with E-state index in [4.69, 9.17) is 10.2 Å². The molecule has 0 saturated carbocycles. The van der Waals surface area contributed by atoms with Crippen molar-refractivity contribution in [2.24, 2.45) is 0 Å². The Labute approximate surface area is 124 Å². The van der Waals surface area contributed by atoms with Gasteiger partial charge in [0.1, 0.15) is 4.48 Å². The summed E-state index contributed by atoms with van der Waals surface area (Å²) in [4.78, 5) is 20.9. The van der Waals surface area contributed by atoms with Crippen LogP contribution in [0.2, 0.25) is 0 Å². The minimum atomic E-state index is -0.962. The highest BCUT2D eigenvalue weighted by Gasteiger charge is 2.08. The predicted molar refractivity (Wildman–Crippen MR) is 77.1 cm³/mol. The smallest absolute Gasteiger partial charge is 0.343 e. The molecular weight excluding hydrogens is 368 g/mol. The molecule has 0 aromatic carbocycles. The molecule has 0 rings (SSSR count). The lowest BCUT2D eigenvalue weighted by Crippen LogP contribution is -1.95. The van der Waals surface area contributed by atoms with E-state index in [1.165, 1.54) is 0 Å². The molecule has 0 bridgehead atoms. The topological polar surface area (TPSA) is 74.6 Å². The van der Waals surface area contributed by atoms with E-state index in [1.807, 2.05) is 0 Å². The summed E-state index contributed by atoms with van der Waals surface area (Å²) in [5, 5.41) is 17.2. The number of carbonyl (C=O) groups is 2. The zero-order valence-corrected chi connectivity index (χ0v) is 13.3. The van der Waals surface area contributed by atoms with Crippen LogP contribution in [-0.4, -0.2) is 22.2 Å². The summed E-state index contributed by atoms with van der Waals surface area (Å²) in [6, 6.07) is 0. The molecule has 0 radical (unpaired) electrons. The van der Waals surface area contributed by atoms with Crippen molar-refractivity contribution >= 4 is 43.8 Å². The second-order valence-electron chi connectivity index (χ2n) is 4.04. The first-order valence-corrected chi connectivity index (χ1v) is 7.53. The monoisotopic (exact) mass is 384 g/mol. The predicted octanol–water partition coefficient (Wildman–Crippen LogP) is 4.28. The summed E-state index contributed by atoms with van der Waals surface area (Å²) in [6.45, 7) is 0. The molecule has 6 heteroatoms. The summed E-state index contributed by atoms with van der Waals surface area (Å²) >= 11 is 6.24. The second-order valence-corrected chi connectivity index (χ2v) is 5.79. The lowest BCUT2D eigenvalue weighted by atomic mass is 10.1. The number of hydrogen-bond donors (Lipinski definition) is 2. The van der Waals surface area contributed by atoms with Crippen molar-refractivity contribution in [2.75, 3.05) is 0 Å². The molecule has 0 heterocycles. The van der Waals surface area contributed by atoms with Gasteiger partial charge in [-0.15, -0.1) is 0 Å². The van der Waals surface area contributed by atoms with Crippen molar-refractivity contribution in [3.05, 3.63) is 8.96 Å². The summed E-state index contributed by atoms with van der Waals surface area (Å²) in [7, 11) is 0. The zero-order valence-electron chi connectivity index (χ0n) is 10.1. The number of carboxylic acids is 2. The first-order chi connectivity index (χ1) is 8.45. The normalized spacial score (nSPS) is 12.1. The maximum atomic E-state index is 10.6.